The molecule has 1 saturated heterocycles. The van der Waals surface area contributed by atoms with Crippen LogP contribution in [0.4, 0.5) is 5.69 Å². The maximum absolute atomic E-state index is 12.2. The maximum atomic E-state index is 12.2. The first-order valence-electron chi connectivity index (χ1n) is 5.86. The average Bonchev–Trinajstić information content (AvgIpc) is 2.28. The van der Waals surface area contributed by atoms with Gasteiger partial charge in [-0.2, -0.15) is 0 Å². The van der Waals surface area contributed by atoms with Crippen molar-refractivity contribution in [3.63, 3.8) is 0 Å². The van der Waals surface area contributed by atoms with Crippen LogP contribution in [0.3, 0.4) is 0 Å². The molecule has 1 aliphatic rings. The standard InChI is InChI=1S/C12H18N2O3S/c1-14-6-7-17-10(8-14)9-18(15,16)12-5-3-2-4-11(12)13/h2-5,10H,6-9,13H2,1H3. The third kappa shape index (κ3) is 3.01. The van der Waals surface area contributed by atoms with E-state index in [0.29, 0.717) is 18.8 Å². The van der Waals surface area contributed by atoms with Crippen molar-refractivity contribution in [2.75, 3.05) is 38.2 Å². The maximum Gasteiger partial charge on any atom is 0.183 e. The molecule has 0 amide bonds. The van der Waals surface area contributed by atoms with Gasteiger partial charge in [0, 0.05) is 13.1 Å². The van der Waals surface area contributed by atoms with Crippen LogP contribution in [0, 0.1) is 0 Å². The minimum Gasteiger partial charge on any atom is -0.398 e. The number of ether oxygens (including phenoxy) is 1. The van der Waals surface area contributed by atoms with Gasteiger partial charge >= 0.3 is 0 Å². The summed E-state index contributed by atoms with van der Waals surface area (Å²) in [6.45, 7) is 2.04. The van der Waals surface area contributed by atoms with E-state index in [4.69, 9.17) is 10.5 Å². The van der Waals surface area contributed by atoms with E-state index in [2.05, 4.69) is 4.90 Å². The van der Waals surface area contributed by atoms with Gasteiger partial charge in [-0.25, -0.2) is 8.42 Å². The lowest BCUT2D eigenvalue weighted by molar-refractivity contribution is -0.00680. The molecule has 6 heteroatoms. The minimum atomic E-state index is -3.39. The minimum absolute atomic E-state index is 0.0223. The van der Waals surface area contributed by atoms with Crippen molar-refractivity contribution >= 4 is 15.5 Å². The fourth-order valence-corrected chi connectivity index (χ4v) is 3.65. The summed E-state index contributed by atoms with van der Waals surface area (Å²) >= 11 is 0. The third-order valence-corrected chi connectivity index (χ3v) is 4.85. The number of hydrogen-bond donors (Lipinski definition) is 1. The van der Waals surface area contributed by atoms with Crippen LogP contribution < -0.4 is 5.73 Å². The van der Waals surface area contributed by atoms with Gasteiger partial charge in [0.25, 0.3) is 0 Å². The van der Waals surface area contributed by atoms with E-state index in [0.717, 1.165) is 6.54 Å². The summed E-state index contributed by atoms with van der Waals surface area (Å²) in [5, 5.41) is 0. The predicted octanol–water partition coefficient (Wildman–Crippen LogP) is 0.373. The first kappa shape index (κ1) is 13.3. The van der Waals surface area contributed by atoms with Gasteiger partial charge in [0.05, 0.1) is 29.0 Å². The monoisotopic (exact) mass is 270 g/mol. The molecule has 1 atom stereocenters. The molecule has 1 aromatic rings. The lowest BCUT2D eigenvalue weighted by atomic mass is 10.3. The van der Waals surface area contributed by atoms with Crippen molar-refractivity contribution in [1.29, 1.82) is 0 Å². The summed E-state index contributed by atoms with van der Waals surface area (Å²) in [6.07, 6.45) is -0.284. The molecule has 1 aromatic carbocycles. The highest BCUT2D eigenvalue weighted by Gasteiger charge is 2.26. The molecule has 1 unspecified atom stereocenters. The number of morpholine rings is 1. The zero-order valence-corrected chi connectivity index (χ0v) is 11.2. The van der Waals surface area contributed by atoms with E-state index in [1.54, 1.807) is 18.2 Å². The van der Waals surface area contributed by atoms with E-state index in [1.807, 2.05) is 7.05 Å². The van der Waals surface area contributed by atoms with Crippen LogP contribution in [0.15, 0.2) is 29.2 Å². The molecular weight excluding hydrogens is 252 g/mol. The SMILES string of the molecule is CN1CCOC(CS(=O)(=O)c2ccccc2N)C1. The average molecular weight is 270 g/mol. The fourth-order valence-electron chi connectivity index (χ4n) is 2.07. The zero-order chi connectivity index (χ0) is 13.2. The smallest absolute Gasteiger partial charge is 0.183 e. The number of anilines is 1. The molecule has 1 fully saturated rings. The lowest BCUT2D eigenvalue weighted by Crippen LogP contribution is -2.43. The Morgan fingerprint density at radius 2 is 2.17 bits per heavy atom. The number of rotatable bonds is 3. The molecule has 0 aliphatic carbocycles. The molecule has 1 heterocycles. The molecular formula is C12H18N2O3S. The molecule has 2 rings (SSSR count). The Balaban J connectivity index is 2.15. The van der Waals surface area contributed by atoms with Crippen LogP contribution in [0.5, 0.6) is 0 Å². The lowest BCUT2D eigenvalue weighted by Gasteiger charge is -2.29. The van der Waals surface area contributed by atoms with Gasteiger partial charge in [0.1, 0.15) is 0 Å². The number of nitrogens with two attached hydrogens (primary N) is 1. The Labute approximate surface area is 107 Å². The Hall–Kier alpha value is -1.11. The molecule has 5 nitrogen and oxygen atoms in total. The van der Waals surface area contributed by atoms with E-state index in [-0.39, 0.29) is 16.8 Å². The first-order chi connectivity index (χ1) is 8.49. The molecule has 1 aliphatic heterocycles. The van der Waals surface area contributed by atoms with Crippen molar-refractivity contribution in [2.45, 2.75) is 11.0 Å². The molecule has 0 radical (unpaired) electrons. The van der Waals surface area contributed by atoms with Gasteiger partial charge in [0.15, 0.2) is 9.84 Å². The number of hydrogen-bond acceptors (Lipinski definition) is 5. The normalized spacial score (nSPS) is 21.9. The predicted molar refractivity (Wildman–Crippen MR) is 70.1 cm³/mol. The van der Waals surface area contributed by atoms with E-state index < -0.39 is 9.84 Å². The Bertz CT molecular complexity index is 516. The summed E-state index contributed by atoms with van der Waals surface area (Å²) in [7, 11) is -1.43. The summed E-state index contributed by atoms with van der Waals surface area (Å²) in [6, 6.07) is 6.54. The molecule has 0 spiro atoms. The molecule has 0 bridgehead atoms. The highest BCUT2D eigenvalue weighted by Crippen LogP contribution is 2.20. The Kier molecular flexibility index (Phi) is 3.89. The van der Waals surface area contributed by atoms with Crippen molar-refractivity contribution < 1.29 is 13.2 Å². The fraction of sp³-hybridized carbons (Fsp3) is 0.500. The Morgan fingerprint density at radius 1 is 1.44 bits per heavy atom. The highest BCUT2D eigenvalue weighted by atomic mass is 32.2. The van der Waals surface area contributed by atoms with Crippen LogP contribution in [0.2, 0.25) is 0 Å². The first-order valence-corrected chi connectivity index (χ1v) is 7.51. The number of likely N-dealkylation sites (N-methyl/N-ethyl adjacent to an activating group) is 1. The van der Waals surface area contributed by atoms with Crippen LogP contribution in [0.1, 0.15) is 0 Å². The van der Waals surface area contributed by atoms with Gasteiger partial charge in [-0.15, -0.1) is 0 Å². The third-order valence-electron chi connectivity index (χ3n) is 3.00. The molecule has 0 aromatic heterocycles. The number of nitrogen functional groups attached to an aromatic ring is 1. The molecule has 18 heavy (non-hydrogen) atoms. The van der Waals surface area contributed by atoms with Crippen LogP contribution in [-0.2, 0) is 14.6 Å². The number of nitrogens with zero attached hydrogens (tertiary/aromatic N) is 1. The van der Waals surface area contributed by atoms with Crippen molar-refractivity contribution in [3.05, 3.63) is 24.3 Å². The zero-order valence-electron chi connectivity index (χ0n) is 10.4. The second-order valence-electron chi connectivity index (χ2n) is 4.57. The Morgan fingerprint density at radius 3 is 2.83 bits per heavy atom. The van der Waals surface area contributed by atoms with Gasteiger partial charge < -0.3 is 15.4 Å². The van der Waals surface area contributed by atoms with E-state index in [9.17, 15) is 8.42 Å². The van der Waals surface area contributed by atoms with Gasteiger partial charge in [0.2, 0.25) is 0 Å². The summed E-state index contributed by atoms with van der Waals surface area (Å²) < 4.78 is 30.0. The number of para-hydroxylation sites is 1. The second-order valence-corrected chi connectivity index (χ2v) is 6.58. The van der Waals surface area contributed by atoms with Crippen LogP contribution >= 0.6 is 0 Å². The van der Waals surface area contributed by atoms with Gasteiger partial charge in [-0.05, 0) is 19.2 Å². The second kappa shape index (κ2) is 5.26. The highest BCUT2D eigenvalue weighted by molar-refractivity contribution is 7.91. The number of sulfone groups is 1. The topological polar surface area (TPSA) is 72.6 Å². The van der Waals surface area contributed by atoms with Crippen molar-refractivity contribution in [1.82, 2.24) is 4.90 Å². The van der Waals surface area contributed by atoms with Crippen molar-refractivity contribution in [3.8, 4) is 0 Å². The van der Waals surface area contributed by atoms with Gasteiger partial charge in [-0.1, -0.05) is 12.1 Å². The van der Waals surface area contributed by atoms with Crippen molar-refractivity contribution in [2.24, 2.45) is 0 Å². The molecule has 0 saturated carbocycles. The number of benzene rings is 1. The largest absolute Gasteiger partial charge is 0.398 e. The molecule has 2 N–H and O–H groups in total. The van der Waals surface area contributed by atoms with Gasteiger partial charge in [-0.3, -0.25) is 0 Å². The molecule has 100 valence electrons. The van der Waals surface area contributed by atoms with Crippen LogP contribution in [0.25, 0.3) is 0 Å². The summed E-state index contributed by atoms with van der Waals surface area (Å²) in [5.74, 6) is -0.0223. The van der Waals surface area contributed by atoms with Crippen LogP contribution in [-0.4, -0.2) is 51.9 Å². The summed E-state index contributed by atoms with van der Waals surface area (Å²) in [4.78, 5) is 2.26. The summed E-state index contributed by atoms with van der Waals surface area (Å²) in [5.41, 5.74) is 6.00. The van der Waals surface area contributed by atoms with E-state index >= 15 is 0 Å². The quantitative estimate of drug-likeness (QED) is 0.804. The van der Waals surface area contributed by atoms with E-state index in [1.165, 1.54) is 6.07 Å².